The molecule has 1 saturated carbocycles. The van der Waals surface area contributed by atoms with Gasteiger partial charge in [0.25, 0.3) is 0 Å². The van der Waals surface area contributed by atoms with Crippen molar-refractivity contribution in [3.8, 4) is 0 Å². The third kappa shape index (κ3) is 2.34. The molecule has 1 aliphatic rings. The lowest BCUT2D eigenvalue weighted by atomic mass is 9.85. The highest BCUT2D eigenvalue weighted by molar-refractivity contribution is 5.98. The van der Waals surface area contributed by atoms with Gasteiger partial charge < -0.3 is 0 Å². The Morgan fingerprint density at radius 1 is 1.57 bits per heavy atom. The number of carbonyl (C=O) groups is 1. The van der Waals surface area contributed by atoms with Crippen molar-refractivity contribution in [1.82, 2.24) is 0 Å². The molecule has 1 rings (SSSR count). The summed E-state index contributed by atoms with van der Waals surface area (Å²) in [5, 5.41) is 0. The van der Waals surface area contributed by atoms with Gasteiger partial charge in [-0.2, -0.15) is 0 Å². The summed E-state index contributed by atoms with van der Waals surface area (Å²) in [6.07, 6.45) is 4.93. The van der Waals surface area contributed by atoms with Crippen LogP contribution >= 0.6 is 0 Å². The second-order valence-electron chi connectivity index (χ2n) is 4.54. The quantitative estimate of drug-likeness (QED) is 0.493. The highest BCUT2D eigenvalue weighted by Crippen LogP contribution is 2.34. The maximum absolute atomic E-state index is 11.7. The summed E-state index contributed by atoms with van der Waals surface area (Å²) < 4.78 is 0. The summed E-state index contributed by atoms with van der Waals surface area (Å²) in [6.45, 7) is 11.9. The Kier molecular flexibility index (Phi) is 3.68. The minimum atomic E-state index is 0.227. The van der Waals surface area contributed by atoms with Crippen molar-refractivity contribution < 1.29 is 4.79 Å². The molecule has 0 bridgehead atoms. The van der Waals surface area contributed by atoms with Crippen LogP contribution < -0.4 is 0 Å². The van der Waals surface area contributed by atoms with Gasteiger partial charge in [-0.25, -0.2) is 0 Å². The van der Waals surface area contributed by atoms with Crippen LogP contribution in [0.5, 0.6) is 0 Å². The molecule has 0 spiro atoms. The molecule has 0 radical (unpaired) electrons. The maximum Gasteiger partial charge on any atom is 0.161 e. The van der Waals surface area contributed by atoms with Crippen LogP contribution in [-0.4, -0.2) is 5.78 Å². The Morgan fingerprint density at radius 3 is 2.64 bits per heavy atom. The number of Topliss-reactive ketones (excluding diaryl/α,β-unsaturated/α-hetero) is 1. The fraction of sp³-hybridized carbons (Fsp3) is 0.615. The third-order valence-corrected chi connectivity index (χ3v) is 3.28. The van der Waals surface area contributed by atoms with E-state index in [1.165, 1.54) is 0 Å². The van der Waals surface area contributed by atoms with Gasteiger partial charge in [0.05, 0.1) is 0 Å². The lowest BCUT2D eigenvalue weighted by Gasteiger charge is -2.19. The molecule has 0 aromatic rings. The van der Waals surface area contributed by atoms with Gasteiger partial charge in [-0.1, -0.05) is 26.5 Å². The molecule has 0 amide bonds. The van der Waals surface area contributed by atoms with Crippen LogP contribution in [0.25, 0.3) is 0 Å². The van der Waals surface area contributed by atoms with E-state index in [1.807, 2.05) is 6.08 Å². The molecule has 0 aromatic heterocycles. The van der Waals surface area contributed by atoms with Crippen molar-refractivity contribution in [2.75, 3.05) is 0 Å². The molecule has 0 aromatic carbocycles. The van der Waals surface area contributed by atoms with E-state index in [-0.39, 0.29) is 5.92 Å². The fourth-order valence-corrected chi connectivity index (χ4v) is 2.24. The van der Waals surface area contributed by atoms with Gasteiger partial charge in [-0.15, -0.1) is 6.58 Å². The molecule has 1 nitrogen and oxygen atoms in total. The molecule has 0 heterocycles. The first-order valence-electron chi connectivity index (χ1n) is 5.40. The van der Waals surface area contributed by atoms with E-state index < -0.39 is 0 Å². The average Bonchev–Trinajstić information content (AvgIpc) is 2.47. The molecule has 0 saturated heterocycles. The average molecular weight is 192 g/mol. The Bertz CT molecular complexity index is 252. The van der Waals surface area contributed by atoms with Crippen molar-refractivity contribution in [2.45, 2.75) is 33.1 Å². The largest absolute Gasteiger partial charge is 0.294 e. The zero-order chi connectivity index (χ0) is 10.7. The molecule has 1 heteroatoms. The zero-order valence-electron chi connectivity index (χ0n) is 9.25. The smallest absolute Gasteiger partial charge is 0.161 e. The van der Waals surface area contributed by atoms with Crippen molar-refractivity contribution in [2.24, 2.45) is 17.8 Å². The number of hydrogen-bond acceptors (Lipinski definition) is 1. The molecular formula is C13H20O. The van der Waals surface area contributed by atoms with E-state index in [9.17, 15) is 4.79 Å². The zero-order valence-corrected chi connectivity index (χ0v) is 9.25. The number of ketones is 1. The summed E-state index contributed by atoms with van der Waals surface area (Å²) in [4.78, 5) is 11.7. The molecule has 1 fully saturated rings. The van der Waals surface area contributed by atoms with E-state index in [4.69, 9.17) is 0 Å². The van der Waals surface area contributed by atoms with Gasteiger partial charge in [0.2, 0.25) is 0 Å². The van der Waals surface area contributed by atoms with E-state index in [2.05, 4.69) is 27.0 Å². The molecule has 0 aliphatic heterocycles. The fourth-order valence-electron chi connectivity index (χ4n) is 2.24. The van der Waals surface area contributed by atoms with E-state index in [0.29, 0.717) is 17.6 Å². The summed E-state index contributed by atoms with van der Waals surface area (Å²) in [5.74, 6) is 1.50. The Morgan fingerprint density at radius 2 is 2.21 bits per heavy atom. The summed E-state index contributed by atoms with van der Waals surface area (Å²) >= 11 is 0. The molecule has 0 N–H and O–H groups in total. The van der Waals surface area contributed by atoms with Gasteiger partial charge >= 0.3 is 0 Å². The van der Waals surface area contributed by atoms with Crippen molar-refractivity contribution >= 4 is 5.78 Å². The first kappa shape index (κ1) is 11.2. The summed E-state index contributed by atoms with van der Waals surface area (Å²) in [7, 11) is 0. The predicted octanol–water partition coefficient (Wildman–Crippen LogP) is 3.37. The van der Waals surface area contributed by atoms with Crippen LogP contribution in [0.15, 0.2) is 24.8 Å². The lowest BCUT2D eigenvalue weighted by molar-refractivity contribution is -0.119. The SMILES string of the molecule is C=CC(C)CC(C)[C@@H]1CCC(=C)C1=O. The van der Waals surface area contributed by atoms with Crippen molar-refractivity contribution in [1.29, 1.82) is 0 Å². The first-order chi connectivity index (χ1) is 6.56. The highest BCUT2D eigenvalue weighted by atomic mass is 16.1. The molecule has 1 aliphatic carbocycles. The molecular weight excluding hydrogens is 172 g/mol. The molecule has 3 atom stereocenters. The number of allylic oxidation sites excluding steroid dienone is 2. The minimum Gasteiger partial charge on any atom is -0.294 e. The van der Waals surface area contributed by atoms with Crippen molar-refractivity contribution in [3.63, 3.8) is 0 Å². The van der Waals surface area contributed by atoms with Gasteiger partial charge in [-0.05, 0) is 36.7 Å². The van der Waals surface area contributed by atoms with Crippen LogP contribution in [0.2, 0.25) is 0 Å². The normalized spacial score (nSPS) is 26.3. The highest BCUT2D eigenvalue weighted by Gasteiger charge is 2.32. The number of rotatable bonds is 4. The molecule has 78 valence electrons. The number of carbonyl (C=O) groups excluding carboxylic acids is 1. The van der Waals surface area contributed by atoms with Gasteiger partial charge in [0, 0.05) is 5.92 Å². The second-order valence-corrected chi connectivity index (χ2v) is 4.54. The second kappa shape index (κ2) is 4.59. The van der Waals surface area contributed by atoms with Crippen molar-refractivity contribution in [3.05, 3.63) is 24.8 Å². The topological polar surface area (TPSA) is 17.1 Å². The summed E-state index contributed by atoms with van der Waals surface area (Å²) in [6, 6.07) is 0. The van der Waals surface area contributed by atoms with Gasteiger partial charge in [0.1, 0.15) is 0 Å². The molecule has 2 unspecified atom stereocenters. The monoisotopic (exact) mass is 192 g/mol. The van der Waals surface area contributed by atoms with Crippen LogP contribution in [0, 0.1) is 17.8 Å². The van der Waals surface area contributed by atoms with E-state index >= 15 is 0 Å². The Labute approximate surface area is 86.9 Å². The number of hydrogen-bond donors (Lipinski definition) is 0. The minimum absolute atomic E-state index is 0.227. The molecule has 14 heavy (non-hydrogen) atoms. The first-order valence-corrected chi connectivity index (χ1v) is 5.40. The van der Waals surface area contributed by atoms with Crippen LogP contribution in [0.4, 0.5) is 0 Å². The van der Waals surface area contributed by atoms with Crippen LogP contribution in [-0.2, 0) is 4.79 Å². The van der Waals surface area contributed by atoms with E-state index in [0.717, 1.165) is 24.8 Å². The van der Waals surface area contributed by atoms with Crippen LogP contribution in [0.3, 0.4) is 0 Å². The Balaban J connectivity index is 2.53. The maximum atomic E-state index is 11.7. The van der Waals surface area contributed by atoms with E-state index in [1.54, 1.807) is 0 Å². The van der Waals surface area contributed by atoms with Crippen LogP contribution in [0.1, 0.15) is 33.1 Å². The summed E-state index contributed by atoms with van der Waals surface area (Å²) in [5.41, 5.74) is 0.827. The van der Waals surface area contributed by atoms with Gasteiger partial charge in [-0.3, -0.25) is 4.79 Å². The Hall–Kier alpha value is -0.850. The standard InChI is InChI=1S/C13H20O/c1-5-9(2)8-11(4)12-7-6-10(3)13(12)14/h5,9,11-12H,1,3,6-8H2,2,4H3/t9?,11?,12-/m0/s1. The third-order valence-electron chi connectivity index (χ3n) is 3.28. The predicted molar refractivity (Wildman–Crippen MR) is 60.0 cm³/mol. The van der Waals surface area contributed by atoms with Gasteiger partial charge in [0.15, 0.2) is 5.78 Å². The lowest BCUT2D eigenvalue weighted by Crippen LogP contribution is -2.18.